The molecule has 0 radical (unpaired) electrons. The predicted octanol–water partition coefficient (Wildman–Crippen LogP) is 3.45. The molecule has 0 spiro atoms. The summed E-state index contributed by atoms with van der Waals surface area (Å²) in [4.78, 5) is 11.4. The van der Waals surface area contributed by atoms with Crippen molar-refractivity contribution >= 4 is 34.8 Å². The first-order valence-corrected chi connectivity index (χ1v) is 9.34. The number of fused-ring (bicyclic) bond motifs is 1. The predicted molar refractivity (Wildman–Crippen MR) is 103 cm³/mol. The molecule has 1 saturated heterocycles. The summed E-state index contributed by atoms with van der Waals surface area (Å²) in [6, 6.07) is 5.42. The Morgan fingerprint density at radius 1 is 1.16 bits per heavy atom. The fraction of sp³-hybridized carbons (Fsp3) is 0.444. The number of nitrogens with zero attached hydrogens (tertiary/aromatic N) is 3. The largest absolute Gasteiger partial charge is 0.382 e. The summed E-state index contributed by atoms with van der Waals surface area (Å²) < 4.78 is 0. The van der Waals surface area contributed by atoms with Crippen molar-refractivity contribution in [1.82, 2.24) is 9.97 Å². The molecule has 2 heterocycles. The molecule has 1 aliphatic heterocycles. The SMILES string of the molecule is NCC1CC2CN(c3cnc(-c4cccc(Cl)c4Cl)c(N)n3)C[C@@H]2C1. The fourth-order valence-corrected chi connectivity index (χ4v) is 4.64. The van der Waals surface area contributed by atoms with E-state index in [-0.39, 0.29) is 0 Å². The zero-order chi connectivity index (χ0) is 17.6. The minimum atomic E-state index is 0.374. The van der Waals surface area contributed by atoms with Crippen LogP contribution >= 0.6 is 23.2 Å². The minimum Gasteiger partial charge on any atom is -0.382 e. The van der Waals surface area contributed by atoms with Crippen molar-refractivity contribution in [3.63, 3.8) is 0 Å². The standard InChI is InChI=1S/C18H21Cl2N5/c19-14-3-1-2-13(16(14)20)17-18(22)24-15(7-23-17)25-8-11-4-10(6-21)5-12(11)9-25/h1-3,7,10-12H,4-6,8-9,21H2,(H2,22,24)/t10?,11-,12?/m0/s1. The van der Waals surface area contributed by atoms with Crippen molar-refractivity contribution in [2.24, 2.45) is 23.5 Å². The Hall–Kier alpha value is -1.56. The molecule has 2 aliphatic rings. The number of benzene rings is 1. The van der Waals surface area contributed by atoms with Gasteiger partial charge in [-0.15, -0.1) is 0 Å². The molecule has 1 aromatic heterocycles. The van der Waals surface area contributed by atoms with Crippen LogP contribution in [0.4, 0.5) is 11.6 Å². The van der Waals surface area contributed by atoms with Crippen LogP contribution in [-0.2, 0) is 0 Å². The Morgan fingerprint density at radius 2 is 1.88 bits per heavy atom. The van der Waals surface area contributed by atoms with Crippen LogP contribution in [0.25, 0.3) is 11.3 Å². The smallest absolute Gasteiger partial charge is 0.152 e. The van der Waals surface area contributed by atoms with Gasteiger partial charge in [-0.2, -0.15) is 0 Å². The number of aromatic nitrogens is 2. The van der Waals surface area contributed by atoms with E-state index in [9.17, 15) is 0 Å². The van der Waals surface area contributed by atoms with E-state index in [0.717, 1.165) is 25.5 Å². The Balaban J connectivity index is 1.56. The lowest BCUT2D eigenvalue weighted by molar-refractivity contribution is 0.494. The van der Waals surface area contributed by atoms with Crippen LogP contribution < -0.4 is 16.4 Å². The lowest BCUT2D eigenvalue weighted by Crippen LogP contribution is -2.24. The van der Waals surface area contributed by atoms with E-state index in [1.54, 1.807) is 12.3 Å². The molecule has 5 nitrogen and oxygen atoms in total. The molecular formula is C18H21Cl2N5. The molecular weight excluding hydrogens is 357 g/mol. The second kappa shape index (κ2) is 6.63. The molecule has 1 saturated carbocycles. The molecule has 7 heteroatoms. The second-order valence-corrected chi connectivity index (χ2v) is 7.85. The summed E-state index contributed by atoms with van der Waals surface area (Å²) >= 11 is 12.4. The summed E-state index contributed by atoms with van der Waals surface area (Å²) in [5.41, 5.74) is 13.3. The van der Waals surface area contributed by atoms with Crippen LogP contribution in [-0.4, -0.2) is 29.6 Å². The maximum absolute atomic E-state index is 6.28. The molecule has 3 atom stereocenters. The third-order valence-corrected chi connectivity index (χ3v) is 6.32. The normalized spacial score (nSPS) is 25.4. The van der Waals surface area contributed by atoms with Crippen molar-refractivity contribution in [3.05, 3.63) is 34.4 Å². The van der Waals surface area contributed by atoms with Gasteiger partial charge in [-0.1, -0.05) is 35.3 Å². The van der Waals surface area contributed by atoms with Crippen LogP contribution in [0.2, 0.25) is 10.0 Å². The molecule has 132 valence electrons. The summed E-state index contributed by atoms with van der Waals surface area (Å²) in [5, 5.41) is 0.924. The van der Waals surface area contributed by atoms with Crippen LogP contribution in [0.3, 0.4) is 0 Å². The van der Waals surface area contributed by atoms with Crippen molar-refractivity contribution in [2.45, 2.75) is 12.8 Å². The van der Waals surface area contributed by atoms with Crippen molar-refractivity contribution in [2.75, 3.05) is 30.3 Å². The zero-order valence-electron chi connectivity index (χ0n) is 13.8. The van der Waals surface area contributed by atoms with Crippen LogP contribution in [0.15, 0.2) is 24.4 Å². The van der Waals surface area contributed by atoms with Crippen LogP contribution in [0.5, 0.6) is 0 Å². The molecule has 4 N–H and O–H groups in total. The Labute approximate surface area is 157 Å². The Morgan fingerprint density at radius 3 is 2.52 bits per heavy atom. The molecule has 0 amide bonds. The monoisotopic (exact) mass is 377 g/mol. The first kappa shape index (κ1) is 16.9. The number of hydrogen-bond donors (Lipinski definition) is 2. The third-order valence-electron chi connectivity index (χ3n) is 5.50. The van der Waals surface area contributed by atoms with Gasteiger partial charge < -0.3 is 16.4 Å². The van der Waals surface area contributed by atoms with Crippen molar-refractivity contribution in [3.8, 4) is 11.3 Å². The number of anilines is 2. The third kappa shape index (κ3) is 3.05. The topological polar surface area (TPSA) is 81.1 Å². The lowest BCUT2D eigenvalue weighted by atomic mass is 10.0. The van der Waals surface area contributed by atoms with Gasteiger partial charge in [-0.3, -0.25) is 0 Å². The molecule has 2 unspecified atom stereocenters. The first-order chi connectivity index (χ1) is 12.1. The van der Waals surface area contributed by atoms with E-state index in [1.807, 2.05) is 12.1 Å². The average molecular weight is 378 g/mol. The summed E-state index contributed by atoms with van der Waals surface area (Å²) in [6.45, 7) is 2.81. The number of nitrogen functional groups attached to an aromatic ring is 1. The highest BCUT2D eigenvalue weighted by Gasteiger charge is 2.40. The molecule has 25 heavy (non-hydrogen) atoms. The van der Waals surface area contributed by atoms with Gasteiger partial charge in [0.15, 0.2) is 5.82 Å². The number of rotatable bonds is 3. The molecule has 0 bridgehead atoms. The van der Waals surface area contributed by atoms with Gasteiger partial charge in [-0.25, -0.2) is 9.97 Å². The van der Waals surface area contributed by atoms with Gasteiger partial charge in [0.05, 0.1) is 16.2 Å². The van der Waals surface area contributed by atoms with Gasteiger partial charge in [0.1, 0.15) is 11.5 Å². The summed E-state index contributed by atoms with van der Waals surface area (Å²) in [6.07, 6.45) is 4.22. The van der Waals surface area contributed by atoms with Crippen LogP contribution in [0, 0.1) is 17.8 Å². The minimum absolute atomic E-state index is 0.374. The molecule has 4 rings (SSSR count). The van der Waals surface area contributed by atoms with Gasteiger partial charge in [0.25, 0.3) is 0 Å². The average Bonchev–Trinajstić information content (AvgIpc) is 3.16. The first-order valence-electron chi connectivity index (χ1n) is 8.58. The van der Waals surface area contributed by atoms with Gasteiger partial charge in [-0.05, 0) is 43.2 Å². The Kier molecular flexibility index (Phi) is 4.48. The highest BCUT2D eigenvalue weighted by Crippen LogP contribution is 2.42. The number of nitrogens with two attached hydrogens (primary N) is 2. The lowest BCUT2D eigenvalue weighted by Gasteiger charge is -2.20. The highest BCUT2D eigenvalue weighted by molar-refractivity contribution is 6.43. The summed E-state index contributed by atoms with van der Waals surface area (Å²) in [7, 11) is 0. The van der Waals surface area contributed by atoms with E-state index < -0.39 is 0 Å². The Bertz CT molecular complexity index is 783. The molecule has 2 fully saturated rings. The van der Waals surface area contributed by atoms with Gasteiger partial charge >= 0.3 is 0 Å². The zero-order valence-corrected chi connectivity index (χ0v) is 15.3. The van der Waals surface area contributed by atoms with Gasteiger partial charge in [0.2, 0.25) is 0 Å². The quantitative estimate of drug-likeness (QED) is 0.855. The number of halogens is 2. The molecule has 1 aliphatic carbocycles. The van der Waals surface area contributed by atoms with Crippen molar-refractivity contribution < 1.29 is 0 Å². The molecule has 2 aromatic rings. The van der Waals surface area contributed by atoms with E-state index in [0.29, 0.717) is 44.9 Å². The van der Waals surface area contributed by atoms with E-state index >= 15 is 0 Å². The van der Waals surface area contributed by atoms with E-state index in [2.05, 4.69) is 14.9 Å². The summed E-state index contributed by atoms with van der Waals surface area (Å²) in [5.74, 6) is 3.30. The molecule has 1 aromatic carbocycles. The highest BCUT2D eigenvalue weighted by atomic mass is 35.5. The second-order valence-electron chi connectivity index (χ2n) is 7.06. The number of hydrogen-bond acceptors (Lipinski definition) is 5. The fourth-order valence-electron chi connectivity index (χ4n) is 4.25. The van der Waals surface area contributed by atoms with Crippen molar-refractivity contribution in [1.29, 1.82) is 0 Å². The van der Waals surface area contributed by atoms with Crippen LogP contribution in [0.1, 0.15) is 12.8 Å². The maximum atomic E-state index is 6.28. The van der Waals surface area contributed by atoms with E-state index in [1.165, 1.54) is 12.8 Å². The van der Waals surface area contributed by atoms with E-state index in [4.69, 9.17) is 34.7 Å². The maximum Gasteiger partial charge on any atom is 0.152 e. The van der Waals surface area contributed by atoms with Gasteiger partial charge in [0, 0.05) is 18.7 Å².